The van der Waals surface area contributed by atoms with Crippen LogP contribution < -0.4 is 20.7 Å². The lowest BCUT2D eigenvalue weighted by atomic mass is 10.1. The minimum atomic E-state index is -0.196. The van der Waals surface area contributed by atoms with Crippen molar-refractivity contribution in [1.82, 2.24) is 5.32 Å². The van der Waals surface area contributed by atoms with Crippen LogP contribution in [0, 0.1) is 0 Å². The smallest absolute Gasteiger partial charge is 0.258 e. The van der Waals surface area contributed by atoms with Gasteiger partial charge in [-0.25, -0.2) is 0 Å². The van der Waals surface area contributed by atoms with Gasteiger partial charge in [0.25, 0.3) is 5.91 Å². The van der Waals surface area contributed by atoms with Gasteiger partial charge in [-0.3, -0.25) is 9.59 Å². The van der Waals surface area contributed by atoms with Gasteiger partial charge in [-0.1, -0.05) is 6.08 Å². The number of carbonyl (C=O) groups is 2. The van der Waals surface area contributed by atoms with Gasteiger partial charge < -0.3 is 20.7 Å². The second kappa shape index (κ2) is 9.52. The summed E-state index contributed by atoms with van der Waals surface area (Å²) in [5, 5.41) is 9.43. The van der Waals surface area contributed by atoms with Gasteiger partial charge in [0.2, 0.25) is 5.91 Å². The molecule has 0 spiro atoms. The molecule has 0 fully saturated rings. The number of ether oxygens (including phenoxy) is 1. The predicted molar refractivity (Wildman–Crippen MR) is 114 cm³/mol. The third-order valence-electron chi connectivity index (χ3n) is 4.40. The van der Waals surface area contributed by atoms with E-state index in [0.29, 0.717) is 29.4 Å². The molecule has 0 aliphatic heterocycles. The fraction of sp³-hybridized carbons (Fsp3) is 0.333. The molecule has 1 aliphatic carbocycles. The van der Waals surface area contributed by atoms with E-state index in [4.69, 9.17) is 4.74 Å². The van der Waals surface area contributed by atoms with Crippen LogP contribution in [-0.4, -0.2) is 31.5 Å². The fourth-order valence-corrected chi connectivity index (χ4v) is 4.49. The summed E-state index contributed by atoms with van der Waals surface area (Å²) in [5.74, 6) is 0.395. The highest BCUT2D eigenvalue weighted by Gasteiger charge is 2.27. The van der Waals surface area contributed by atoms with Crippen LogP contribution in [-0.2, 0) is 17.6 Å². The Morgan fingerprint density at radius 3 is 2.71 bits per heavy atom. The van der Waals surface area contributed by atoms with Crippen LogP contribution in [0.15, 0.2) is 36.9 Å². The Morgan fingerprint density at radius 2 is 2.00 bits per heavy atom. The van der Waals surface area contributed by atoms with Gasteiger partial charge in [0.15, 0.2) is 0 Å². The van der Waals surface area contributed by atoms with Gasteiger partial charge in [0.05, 0.1) is 18.7 Å². The van der Waals surface area contributed by atoms with Crippen LogP contribution in [0.25, 0.3) is 0 Å². The number of carbonyl (C=O) groups excluding carboxylic acids is 2. The van der Waals surface area contributed by atoms with Gasteiger partial charge >= 0.3 is 0 Å². The molecular weight excluding hydrogens is 374 g/mol. The Morgan fingerprint density at radius 1 is 1.21 bits per heavy atom. The number of fused-ring (bicyclic) bond motifs is 1. The first-order valence-corrected chi connectivity index (χ1v) is 10.2. The first-order chi connectivity index (χ1) is 13.6. The third-order valence-corrected chi connectivity index (χ3v) is 5.61. The molecule has 0 bridgehead atoms. The average Bonchev–Trinajstić information content (AvgIpc) is 3.24. The molecule has 0 radical (unpaired) electrons. The Kier molecular flexibility index (Phi) is 6.84. The minimum Gasteiger partial charge on any atom is -0.494 e. The molecule has 2 amide bonds. The molecule has 0 saturated carbocycles. The van der Waals surface area contributed by atoms with Crippen LogP contribution in [0.4, 0.5) is 10.7 Å². The van der Waals surface area contributed by atoms with Crippen molar-refractivity contribution in [2.45, 2.75) is 26.2 Å². The van der Waals surface area contributed by atoms with Crippen LogP contribution >= 0.6 is 11.3 Å². The van der Waals surface area contributed by atoms with Gasteiger partial charge in [-0.2, -0.15) is 0 Å². The van der Waals surface area contributed by atoms with Crippen molar-refractivity contribution in [2.24, 2.45) is 0 Å². The van der Waals surface area contributed by atoms with Crippen LogP contribution in [0.5, 0.6) is 5.75 Å². The fourth-order valence-electron chi connectivity index (χ4n) is 3.19. The first-order valence-electron chi connectivity index (χ1n) is 9.42. The Hall–Kier alpha value is -2.64. The molecule has 0 unspecified atom stereocenters. The first kappa shape index (κ1) is 20.1. The highest BCUT2D eigenvalue weighted by atomic mass is 32.1. The molecule has 7 heteroatoms. The summed E-state index contributed by atoms with van der Waals surface area (Å²) < 4.78 is 5.43. The monoisotopic (exact) mass is 399 g/mol. The molecule has 0 saturated heterocycles. The molecule has 1 aromatic carbocycles. The predicted octanol–water partition coefficient (Wildman–Crippen LogP) is 3.60. The lowest BCUT2D eigenvalue weighted by Crippen LogP contribution is -2.28. The van der Waals surface area contributed by atoms with E-state index in [1.54, 1.807) is 6.08 Å². The molecule has 3 rings (SSSR count). The van der Waals surface area contributed by atoms with Gasteiger partial charge in [0, 0.05) is 17.1 Å². The van der Waals surface area contributed by atoms with Crippen molar-refractivity contribution in [3.8, 4) is 5.75 Å². The summed E-state index contributed by atoms with van der Waals surface area (Å²) in [6, 6.07) is 7.27. The summed E-state index contributed by atoms with van der Waals surface area (Å²) in [7, 11) is 0. The summed E-state index contributed by atoms with van der Waals surface area (Å²) >= 11 is 1.50. The van der Waals surface area contributed by atoms with Gasteiger partial charge in [0.1, 0.15) is 10.8 Å². The van der Waals surface area contributed by atoms with E-state index in [0.717, 1.165) is 30.6 Å². The van der Waals surface area contributed by atoms with E-state index in [2.05, 4.69) is 22.5 Å². The van der Waals surface area contributed by atoms with Crippen LogP contribution in [0.1, 0.15) is 34.1 Å². The molecule has 0 atom stereocenters. The van der Waals surface area contributed by atoms with E-state index >= 15 is 0 Å². The zero-order chi connectivity index (χ0) is 19.9. The maximum atomic E-state index is 13.0. The van der Waals surface area contributed by atoms with E-state index < -0.39 is 0 Å². The quantitative estimate of drug-likeness (QED) is 0.445. The third kappa shape index (κ3) is 4.79. The topological polar surface area (TPSA) is 79.5 Å². The second-order valence-electron chi connectivity index (χ2n) is 6.44. The Bertz CT molecular complexity index is 859. The van der Waals surface area contributed by atoms with E-state index in [1.165, 1.54) is 16.2 Å². The molecule has 148 valence electrons. The molecule has 3 N–H and O–H groups in total. The second-order valence-corrected chi connectivity index (χ2v) is 7.55. The normalized spacial score (nSPS) is 12.3. The Labute approximate surface area is 169 Å². The largest absolute Gasteiger partial charge is 0.494 e. The summed E-state index contributed by atoms with van der Waals surface area (Å²) in [6.45, 7) is 6.87. The molecule has 1 aromatic heterocycles. The van der Waals surface area contributed by atoms with Crippen molar-refractivity contribution in [1.29, 1.82) is 0 Å². The summed E-state index contributed by atoms with van der Waals surface area (Å²) in [4.78, 5) is 26.4. The Balaban J connectivity index is 1.75. The molecule has 1 aliphatic rings. The number of amides is 2. The number of hydrogen-bond donors (Lipinski definition) is 3. The zero-order valence-corrected chi connectivity index (χ0v) is 16.8. The number of thiophene rings is 1. The number of aryl methyl sites for hydroxylation is 1. The van der Waals surface area contributed by atoms with Crippen molar-refractivity contribution >= 4 is 33.8 Å². The van der Waals surface area contributed by atoms with Crippen LogP contribution in [0.2, 0.25) is 0 Å². The average molecular weight is 400 g/mol. The zero-order valence-electron chi connectivity index (χ0n) is 16.0. The number of rotatable bonds is 9. The number of benzene rings is 1. The van der Waals surface area contributed by atoms with Crippen LogP contribution in [0.3, 0.4) is 0 Å². The number of hydrogen-bond acceptors (Lipinski definition) is 5. The molecular formula is C21H25N3O3S. The standard InChI is InChI=1S/C21H25N3O3S/c1-3-12-22-13-18(25)24-21-19(16-6-5-7-17(16)28-21)20(26)23-14-8-10-15(11-9-14)27-4-2/h3,8-11,22H,1,4-7,12-13H2,2H3,(H,23,26)(H,24,25). The van der Waals surface area contributed by atoms with Crippen molar-refractivity contribution in [3.05, 3.63) is 52.9 Å². The van der Waals surface area contributed by atoms with Gasteiger partial charge in [-0.05, 0) is 56.0 Å². The van der Waals surface area contributed by atoms with E-state index in [-0.39, 0.29) is 18.4 Å². The van der Waals surface area contributed by atoms with Crippen molar-refractivity contribution in [3.63, 3.8) is 0 Å². The number of nitrogens with one attached hydrogen (secondary N) is 3. The SMILES string of the molecule is C=CCNCC(=O)Nc1sc2c(c1C(=O)Nc1ccc(OCC)cc1)CCC2. The lowest BCUT2D eigenvalue weighted by Gasteiger charge is -2.10. The molecule has 28 heavy (non-hydrogen) atoms. The molecule has 1 heterocycles. The minimum absolute atomic E-state index is 0.170. The van der Waals surface area contributed by atoms with Crippen molar-refractivity contribution in [2.75, 3.05) is 30.3 Å². The lowest BCUT2D eigenvalue weighted by molar-refractivity contribution is -0.115. The van der Waals surface area contributed by atoms with Gasteiger partial charge in [-0.15, -0.1) is 17.9 Å². The van der Waals surface area contributed by atoms with E-state index in [9.17, 15) is 9.59 Å². The highest BCUT2D eigenvalue weighted by Crippen LogP contribution is 2.39. The van der Waals surface area contributed by atoms with E-state index in [1.807, 2.05) is 31.2 Å². The highest BCUT2D eigenvalue weighted by molar-refractivity contribution is 7.17. The summed E-state index contributed by atoms with van der Waals surface area (Å²) in [6.07, 6.45) is 4.55. The number of anilines is 2. The molecule has 6 nitrogen and oxygen atoms in total. The summed E-state index contributed by atoms with van der Waals surface area (Å²) in [5.41, 5.74) is 2.34. The maximum Gasteiger partial charge on any atom is 0.258 e. The maximum absolute atomic E-state index is 13.0. The molecule has 2 aromatic rings. The van der Waals surface area contributed by atoms with Crippen molar-refractivity contribution < 1.29 is 14.3 Å².